The quantitative estimate of drug-likeness (QED) is 0.680. The Kier molecular flexibility index (Phi) is 4.72. The molecule has 0 saturated carbocycles. The summed E-state index contributed by atoms with van der Waals surface area (Å²) in [5.74, 6) is -0.858. The number of hydrogen-bond acceptors (Lipinski definition) is 3. The molecule has 0 saturated heterocycles. The fourth-order valence-corrected chi connectivity index (χ4v) is 3.40. The van der Waals surface area contributed by atoms with Crippen molar-refractivity contribution in [2.75, 3.05) is 5.32 Å². The molecule has 0 fully saturated rings. The number of nitrogens with zero attached hydrogens (tertiary/aromatic N) is 1. The van der Waals surface area contributed by atoms with E-state index in [1.54, 1.807) is 48.5 Å². The van der Waals surface area contributed by atoms with Crippen LogP contribution in [0.15, 0.2) is 66.7 Å². The summed E-state index contributed by atoms with van der Waals surface area (Å²) in [5.41, 5.74) is 5.00. The first-order valence-corrected chi connectivity index (χ1v) is 9.37. The van der Waals surface area contributed by atoms with Crippen molar-refractivity contribution >= 4 is 23.4 Å². The molecule has 5 nitrogen and oxygen atoms in total. The molecule has 0 radical (unpaired) electrons. The van der Waals surface area contributed by atoms with Crippen molar-refractivity contribution in [2.45, 2.75) is 20.4 Å². The van der Waals surface area contributed by atoms with Crippen LogP contribution < -0.4 is 5.32 Å². The van der Waals surface area contributed by atoms with E-state index in [0.717, 1.165) is 16.8 Å². The smallest absolute Gasteiger partial charge is 0.261 e. The summed E-state index contributed by atoms with van der Waals surface area (Å²) < 4.78 is 0. The van der Waals surface area contributed by atoms with E-state index in [-0.39, 0.29) is 24.3 Å². The molecule has 3 aromatic carbocycles. The summed E-state index contributed by atoms with van der Waals surface area (Å²) in [6.07, 6.45) is 0. The molecule has 1 heterocycles. The van der Waals surface area contributed by atoms with Gasteiger partial charge in [0.25, 0.3) is 17.7 Å². The molecule has 5 heteroatoms. The predicted octanol–water partition coefficient (Wildman–Crippen LogP) is 4.35. The molecule has 3 aromatic rings. The molecule has 0 aromatic heterocycles. The van der Waals surface area contributed by atoms with E-state index in [4.69, 9.17) is 0 Å². The molecule has 0 spiro atoms. The number of nitrogens with one attached hydrogen (secondary N) is 1. The molecule has 4 rings (SSSR count). The number of amides is 3. The summed E-state index contributed by atoms with van der Waals surface area (Å²) in [6, 6.07) is 19.5. The number of benzene rings is 3. The van der Waals surface area contributed by atoms with Crippen LogP contribution in [0.1, 0.15) is 47.8 Å². The molecule has 0 bridgehead atoms. The van der Waals surface area contributed by atoms with Crippen molar-refractivity contribution < 1.29 is 14.4 Å². The highest BCUT2D eigenvalue weighted by molar-refractivity contribution is 6.21. The lowest BCUT2D eigenvalue weighted by atomic mass is 10.1. The fourth-order valence-electron chi connectivity index (χ4n) is 3.40. The standard InChI is InChI=1S/C24H20N2O3/c1-15-10-11-19(12-16(15)2)25-22(27)18-7-5-6-17(13-18)14-26-23(28)20-8-3-4-9-21(20)24(26)29/h3-13H,14H2,1-2H3,(H,25,27). The summed E-state index contributed by atoms with van der Waals surface area (Å²) in [6.45, 7) is 4.13. The number of anilines is 1. The average Bonchev–Trinajstić information content (AvgIpc) is 2.96. The molecule has 1 N–H and O–H groups in total. The lowest BCUT2D eigenvalue weighted by molar-refractivity contribution is 0.0642. The first-order chi connectivity index (χ1) is 13.9. The Morgan fingerprint density at radius 1 is 0.828 bits per heavy atom. The number of imide groups is 1. The first-order valence-electron chi connectivity index (χ1n) is 9.37. The molecule has 0 unspecified atom stereocenters. The zero-order chi connectivity index (χ0) is 20.5. The highest BCUT2D eigenvalue weighted by Crippen LogP contribution is 2.24. The fraction of sp³-hybridized carbons (Fsp3) is 0.125. The Balaban J connectivity index is 1.52. The molecule has 0 aliphatic carbocycles. The van der Waals surface area contributed by atoms with Crippen molar-refractivity contribution in [1.29, 1.82) is 0 Å². The topological polar surface area (TPSA) is 66.5 Å². The van der Waals surface area contributed by atoms with E-state index in [1.165, 1.54) is 4.90 Å². The number of fused-ring (bicyclic) bond motifs is 1. The summed E-state index contributed by atoms with van der Waals surface area (Å²) in [7, 11) is 0. The Morgan fingerprint density at radius 2 is 1.52 bits per heavy atom. The summed E-state index contributed by atoms with van der Waals surface area (Å²) in [5, 5.41) is 2.89. The van der Waals surface area contributed by atoms with Crippen LogP contribution in [0.3, 0.4) is 0 Å². The van der Waals surface area contributed by atoms with Crippen LogP contribution in [0.2, 0.25) is 0 Å². The van der Waals surface area contributed by atoms with Gasteiger partial charge in [-0.1, -0.05) is 30.3 Å². The Hall–Kier alpha value is -3.73. The zero-order valence-corrected chi connectivity index (χ0v) is 16.2. The zero-order valence-electron chi connectivity index (χ0n) is 16.2. The number of aryl methyl sites for hydroxylation is 2. The second-order valence-corrected chi connectivity index (χ2v) is 7.20. The van der Waals surface area contributed by atoms with Crippen LogP contribution >= 0.6 is 0 Å². The van der Waals surface area contributed by atoms with Gasteiger partial charge < -0.3 is 5.32 Å². The van der Waals surface area contributed by atoms with Crippen LogP contribution in [0.25, 0.3) is 0 Å². The normalized spacial score (nSPS) is 12.8. The molecule has 29 heavy (non-hydrogen) atoms. The highest BCUT2D eigenvalue weighted by Gasteiger charge is 2.34. The van der Waals surface area contributed by atoms with Crippen molar-refractivity contribution in [3.8, 4) is 0 Å². The third-order valence-electron chi connectivity index (χ3n) is 5.17. The Labute approximate surface area is 169 Å². The van der Waals surface area contributed by atoms with Gasteiger partial charge in [0.15, 0.2) is 0 Å². The SMILES string of the molecule is Cc1ccc(NC(=O)c2cccc(CN3C(=O)c4ccccc4C3=O)c2)cc1C. The van der Waals surface area contributed by atoms with Crippen molar-refractivity contribution in [1.82, 2.24) is 4.90 Å². The highest BCUT2D eigenvalue weighted by atomic mass is 16.2. The van der Waals surface area contributed by atoms with Crippen LogP contribution in [-0.2, 0) is 6.54 Å². The van der Waals surface area contributed by atoms with Gasteiger partial charge in [-0.15, -0.1) is 0 Å². The largest absolute Gasteiger partial charge is 0.322 e. The molecule has 1 aliphatic rings. The maximum Gasteiger partial charge on any atom is 0.261 e. The van der Waals surface area contributed by atoms with E-state index < -0.39 is 0 Å². The molecule has 1 aliphatic heterocycles. The predicted molar refractivity (Wildman–Crippen MR) is 111 cm³/mol. The van der Waals surface area contributed by atoms with Crippen molar-refractivity contribution in [2.24, 2.45) is 0 Å². The second-order valence-electron chi connectivity index (χ2n) is 7.20. The van der Waals surface area contributed by atoms with E-state index in [9.17, 15) is 14.4 Å². The van der Waals surface area contributed by atoms with Crippen LogP contribution in [0.5, 0.6) is 0 Å². The van der Waals surface area contributed by atoms with Gasteiger partial charge in [-0.05, 0) is 66.9 Å². The monoisotopic (exact) mass is 384 g/mol. The Morgan fingerprint density at radius 3 is 2.17 bits per heavy atom. The number of hydrogen-bond donors (Lipinski definition) is 1. The molecule has 3 amide bonds. The van der Waals surface area contributed by atoms with Gasteiger partial charge in [0.05, 0.1) is 17.7 Å². The van der Waals surface area contributed by atoms with Crippen molar-refractivity contribution in [3.63, 3.8) is 0 Å². The maximum absolute atomic E-state index is 12.6. The van der Waals surface area contributed by atoms with Gasteiger partial charge in [-0.3, -0.25) is 19.3 Å². The van der Waals surface area contributed by atoms with Gasteiger partial charge in [0.2, 0.25) is 0 Å². The lowest BCUT2D eigenvalue weighted by Gasteiger charge is -2.14. The van der Waals surface area contributed by atoms with E-state index in [0.29, 0.717) is 22.3 Å². The van der Waals surface area contributed by atoms with Crippen molar-refractivity contribution in [3.05, 3.63) is 100 Å². The van der Waals surface area contributed by atoms with E-state index in [2.05, 4.69) is 5.32 Å². The number of rotatable bonds is 4. The first kappa shape index (κ1) is 18.6. The van der Waals surface area contributed by atoms with Crippen LogP contribution in [-0.4, -0.2) is 22.6 Å². The number of carbonyl (C=O) groups is 3. The van der Waals surface area contributed by atoms with Crippen LogP contribution in [0.4, 0.5) is 5.69 Å². The minimum absolute atomic E-state index is 0.122. The second kappa shape index (κ2) is 7.36. The minimum atomic E-state index is -0.310. The molecule has 0 atom stereocenters. The average molecular weight is 384 g/mol. The molecule has 144 valence electrons. The molecular formula is C24H20N2O3. The van der Waals surface area contributed by atoms with Gasteiger partial charge >= 0.3 is 0 Å². The summed E-state index contributed by atoms with van der Waals surface area (Å²) in [4.78, 5) is 39.0. The minimum Gasteiger partial charge on any atom is -0.322 e. The Bertz CT molecular complexity index is 1120. The number of carbonyl (C=O) groups excluding carboxylic acids is 3. The lowest BCUT2D eigenvalue weighted by Crippen LogP contribution is -2.29. The van der Waals surface area contributed by atoms with Gasteiger partial charge in [0, 0.05) is 11.3 Å². The van der Waals surface area contributed by atoms with Gasteiger partial charge in [-0.25, -0.2) is 0 Å². The van der Waals surface area contributed by atoms with Gasteiger partial charge in [0.1, 0.15) is 0 Å². The summed E-state index contributed by atoms with van der Waals surface area (Å²) >= 11 is 0. The third kappa shape index (κ3) is 3.55. The van der Waals surface area contributed by atoms with Crippen LogP contribution in [0, 0.1) is 13.8 Å². The van der Waals surface area contributed by atoms with E-state index in [1.807, 2.05) is 32.0 Å². The maximum atomic E-state index is 12.6. The molecular weight excluding hydrogens is 364 g/mol. The third-order valence-corrected chi connectivity index (χ3v) is 5.17. The van der Waals surface area contributed by atoms with E-state index >= 15 is 0 Å². The van der Waals surface area contributed by atoms with Gasteiger partial charge in [-0.2, -0.15) is 0 Å².